The molecule has 0 heterocycles. The largest absolute Gasteiger partial charge is 0.478 e. The fraction of sp³-hybridized carbons (Fsp3) is 0.286. The van der Waals surface area contributed by atoms with Crippen molar-refractivity contribution in [2.75, 3.05) is 5.32 Å². The van der Waals surface area contributed by atoms with Crippen LogP contribution in [-0.4, -0.2) is 23.1 Å². The summed E-state index contributed by atoms with van der Waals surface area (Å²) in [6.45, 7) is 1.92. The van der Waals surface area contributed by atoms with Crippen LogP contribution in [0.2, 0.25) is 0 Å². The molecule has 1 unspecified atom stereocenters. The van der Waals surface area contributed by atoms with E-state index in [-0.39, 0.29) is 5.69 Å². The minimum absolute atomic E-state index is 0.123. The zero-order valence-electron chi connectivity index (χ0n) is 10.9. The minimum Gasteiger partial charge on any atom is -0.478 e. The van der Waals surface area contributed by atoms with E-state index >= 15 is 0 Å². The Kier molecular flexibility index (Phi) is 5.54. The Balaban J connectivity index is 2.84. The number of carbonyl (C=O) groups excluding carboxylic acids is 1. The van der Waals surface area contributed by atoms with E-state index in [9.17, 15) is 14.0 Å². The molecule has 0 aliphatic heterocycles. The fourth-order valence-corrected chi connectivity index (χ4v) is 1.65. The number of carbonyl (C=O) groups is 2. The van der Waals surface area contributed by atoms with E-state index in [0.29, 0.717) is 6.42 Å². The van der Waals surface area contributed by atoms with Crippen LogP contribution < -0.4 is 10.6 Å². The molecule has 1 atom stereocenters. The van der Waals surface area contributed by atoms with E-state index in [1.807, 2.05) is 6.92 Å². The van der Waals surface area contributed by atoms with Gasteiger partial charge in [-0.2, -0.15) is 0 Å². The van der Waals surface area contributed by atoms with Crippen LogP contribution in [0, 0.1) is 18.2 Å². The molecule has 0 saturated heterocycles. The Morgan fingerprint density at radius 3 is 2.75 bits per heavy atom. The normalized spacial score (nSPS) is 11.2. The second kappa shape index (κ2) is 7.14. The fourth-order valence-electron chi connectivity index (χ4n) is 1.65. The lowest BCUT2D eigenvalue weighted by molar-refractivity contribution is 0.0693. The first-order chi connectivity index (χ1) is 9.49. The number of benzene rings is 1. The molecule has 0 saturated carbocycles. The smallest absolute Gasteiger partial charge is 0.340 e. The minimum atomic E-state index is -1.46. The molecule has 0 fully saturated rings. The number of amides is 2. The first-order valence-corrected chi connectivity index (χ1v) is 6.05. The molecule has 0 bridgehead atoms. The highest BCUT2D eigenvalue weighted by molar-refractivity contribution is 6.00. The summed E-state index contributed by atoms with van der Waals surface area (Å²) < 4.78 is 13.4. The third kappa shape index (κ3) is 3.99. The van der Waals surface area contributed by atoms with Crippen molar-refractivity contribution >= 4 is 17.7 Å². The van der Waals surface area contributed by atoms with Crippen molar-refractivity contribution in [3.05, 3.63) is 29.6 Å². The van der Waals surface area contributed by atoms with Gasteiger partial charge in [-0.1, -0.05) is 25.3 Å². The summed E-state index contributed by atoms with van der Waals surface area (Å²) in [5.74, 6) is 0.0291. The molecule has 0 spiro atoms. The van der Waals surface area contributed by atoms with Crippen LogP contribution in [0.4, 0.5) is 14.9 Å². The number of carboxylic acid groups (broad SMARTS) is 1. The lowest BCUT2D eigenvalue weighted by atomic mass is 10.1. The standard InChI is InChI=1S/C14H15FN2O3/c1-3-6-9(4-2)16-14(20)17-11-8-5-7-10(15)12(11)13(18)19/h2,5,7-9H,3,6H2,1H3,(H,18,19)(H2,16,17,20). The first kappa shape index (κ1) is 15.5. The highest BCUT2D eigenvalue weighted by Gasteiger charge is 2.18. The Morgan fingerprint density at radius 2 is 2.20 bits per heavy atom. The maximum Gasteiger partial charge on any atom is 0.340 e. The SMILES string of the molecule is C#CC(CCC)NC(=O)Nc1cccc(F)c1C(=O)O. The van der Waals surface area contributed by atoms with Crippen LogP contribution in [0.15, 0.2) is 18.2 Å². The molecule has 6 heteroatoms. The predicted molar refractivity (Wildman–Crippen MR) is 73.0 cm³/mol. The van der Waals surface area contributed by atoms with Gasteiger partial charge in [-0.05, 0) is 18.6 Å². The van der Waals surface area contributed by atoms with Crippen LogP contribution in [0.25, 0.3) is 0 Å². The van der Waals surface area contributed by atoms with E-state index in [4.69, 9.17) is 11.5 Å². The summed E-state index contributed by atoms with van der Waals surface area (Å²) in [4.78, 5) is 22.7. The Morgan fingerprint density at radius 1 is 1.50 bits per heavy atom. The van der Waals surface area contributed by atoms with Crippen molar-refractivity contribution in [1.29, 1.82) is 0 Å². The Bertz CT molecular complexity index is 552. The maximum absolute atomic E-state index is 13.4. The molecule has 5 nitrogen and oxygen atoms in total. The quantitative estimate of drug-likeness (QED) is 0.724. The van der Waals surface area contributed by atoms with Crippen molar-refractivity contribution in [1.82, 2.24) is 5.32 Å². The molecule has 1 aromatic rings. The van der Waals surface area contributed by atoms with Gasteiger partial charge in [-0.3, -0.25) is 0 Å². The summed E-state index contributed by atoms with van der Waals surface area (Å²) in [6, 6.07) is 2.49. The van der Waals surface area contributed by atoms with Crippen molar-refractivity contribution in [3.8, 4) is 12.3 Å². The molecule has 0 aliphatic rings. The number of aromatic carboxylic acids is 1. The van der Waals surface area contributed by atoms with Crippen molar-refractivity contribution in [2.45, 2.75) is 25.8 Å². The molecule has 20 heavy (non-hydrogen) atoms. The third-order valence-corrected chi connectivity index (χ3v) is 2.56. The molecule has 0 radical (unpaired) electrons. The highest BCUT2D eigenvalue weighted by Crippen LogP contribution is 2.18. The zero-order valence-corrected chi connectivity index (χ0v) is 10.9. The zero-order chi connectivity index (χ0) is 15.1. The molecule has 2 amide bonds. The van der Waals surface area contributed by atoms with E-state index in [1.54, 1.807) is 0 Å². The number of hydrogen-bond acceptors (Lipinski definition) is 2. The average Bonchev–Trinajstić information content (AvgIpc) is 2.37. The van der Waals surface area contributed by atoms with Crippen LogP contribution >= 0.6 is 0 Å². The van der Waals surface area contributed by atoms with Gasteiger partial charge in [0.15, 0.2) is 0 Å². The second-order valence-electron chi connectivity index (χ2n) is 4.07. The van der Waals surface area contributed by atoms with Crippen LogP contribution in [0.1, 0.15) is 30.1 Å². The van der Waals surface area contributed by atoms with Crippen LogP contribution in [-0.2, 0) is 0 Å². The van der Waals surface area contributed by atoms with Crippen molar-refractivity contribution in [2.24, 2.45) is 0 Å². The summed E-state index contributed by atoms with van der Waals surface area (Å²) in [6.07, 6.45) is 6.64. The van der Waals surface area contributed by atoms with Gasteiger partial charge in [0.25, 0.3) is 0 Å². The molecule has 0 aromatic heterocycles. The molecule has 1 aromatic carbocycles. The van der Waals surface area contributed by atoms with Crippen LogP contribution in [0.3, 0.4) is 0 Å². The second-order valence-corrected chi connectivity index (χ2v) is 4.07. The van der Waals surface area contributed by atoms with Crippen LogP contribution in [0.5, 0.6) is 0 Å². The molecule has 3 N–H and O–H groups in total. The van der Waals surface area contributed by atoms with E-state index in [2.05, 4.69) is 16.6 Å². The average molecular weight is 278 g/mol. The topological polar surface area (TPSA) is 78.4 Å². The van der Waals surface area contributed by atoms with Crippen molar-refractivity contribution in [3.63, 3.8) is 0 Å². The number of carboxylic acids is 1. The number of urea groups is 1. The van der Waals surface area contributed by atoms with E-state index < -0.39 is 29.4 Å². The van der Waals surface area contributed by atoms with Gasteiger partial charge in [-0.15, -0.1) is 6.42 Å². The lowest BCUT2D eigenvalue weighted by Crippen LogP contribution is -2.37. The third-order valence-electron chi connectivity index (χ3n) is 2.56. The van der Waals surface area contributed by atoms with Gasteiger partial charge in [0, 0.05) is 0 Å². The lowest BCUT2D eigenvalue weighted by Gasteiger charge is -2.14. The van der Waals surface area contributed by atoms with Gasteiger partial charge in [0.05, 0.1) is 11.7 Å². The number of terminal acetylenes is 1. The monoisotopic (exact) mass is 278 g/mol. The predicted octanol–water partition coefficient (Wildman–Crippen LogP) is 2.45. The molecule has 1 rings (SSSR count). The molecular weight excluding hydrogens is 263 g/mol. The highest BCUT2D eigenvalue weighted by atomic mass is 19.1. The molecule has 106 valence electrons. The number of hydrogen-bond donors (Lipinski definition) is 3. The summed E-state index contributed by atoms with van der Waals surface area (Å²) in [5, 5.41) is 13.7. The van der Waals surface area contributed by atoms with Gasteiger partial charge in [0.2, 0.25) is 0 Å². The van der Waals surface area contributed by atoms with Gasteiger partial charge >= 0.3 is 12.0 Å². The van der Waals surface area contributed by atoms with E-state index in [0.717, 1.165) is 12.5 Å². The van der Waals surface area contributed by atoms with Gasteiger partial charge in [0.1, 0.15) is 11.4 Å². The maximum atomic E-state index is 13.4. The molecule has 0 aliphatic carbocycles. The summed E-state index contributed by atoms with van der Waals surface area (Å²) in [7, 11) is 0. The molecular formula is C14H15FN2O3. The summed E-state index contributed by atoms with van der Waals surface area (Å²) in [5.41, 5.74) is -0.710. The van der Waals surface area contributed by atoms with Crippen molar-refractivity contribution < 1.29 is 19.1 Å². The summed E-state index contributed by atoms with van der Waals surface area (Å²) >= 11 is 0. The van der Waals surface area contributed by atoms with Gasteiger partial charge < -0.3 is 15.7 Å². The number of anilines is 1. The Hall–Kier alpha value is -2.55. The number of nitrogens with one attached hydrogen (secondary N) is 2. The first-order valence-electron chi connectivity index (χ1n) is 6.05. The number of rotatable bonds is 5. The van der Waals surface area contributed by atoms with Gasteiger partial charge in [-0.25, -0.2) is 14.0 Å². The van der Waals surface area contributed by atoms with E-state index in [1.165, 1.54) is 12.1 Å². The number of halogens is 1. The Labute approximate surface area is 116 Å².